The van der Waals surface area contributed by atoms with Gasteiger partial charge in [-0.1, -0.05) is 43.6 Å². The van der Waals surface area contributed by atoms with E-state index in [0.29, 0.717) is 5.92 Å². The summed E-state index contributed by atoms with van der Waals surface area (Å²) in [6.45, 7) is 9.07. The largest absolute Gasteiger partial charge is 0.271 e. The number of hydrogen-bond donors (Lipinski definition) is 2. The Morgan fingerprint density at radius 2 is 1.84 bits per heavy atom. The zero-order chi connectivity index (χ0) is 14.4. The van der Waals surface area contributed by atoms with Gasteiger partial charge in [-0.3, -0.25) is 11.3 Å². The monoisotopic (exact) mass is 328 g/mol. The standard InChI is InChI=1S/C15H22BrFN2/c1-14(2)13(15(14,3)4)12(19-18)7-9-5-10(16)8-11(17)6-9/h5-6,8,12-13,19H,7,18H2,1-4H3. The third-order valence-electron chi connectivity index (χ3n) is 5.13. The van der Waals surface area contributed by atoms with Gasteiger partial charge in [-0.2, -0.15) is 0 Å². The molecule has 0 spiro atoms. The van der Waals surface area contributed by atoms with Crippen LogP contribution in [-0.2, 0) is 6.42 Å². The van der Waals surface area contributed by atoms with E-state index in [1.807, 2.05) is 6.07 Å². The molecule has 1 aromatic rings. The van der Waals surface area contributed by atoms with Crippen LogP contribution in [-0.4, -0.2) is 6.04 Å². The first kappa shape index (κ1) is 14.9. The smallest absolute Gasteiger partial charge is 0.124 e. The molecule has 0 heterocycles. The van der Waals surface area contributed by atoms with Crippen LogP contribution in [0.15, 0.2) is 22.7 Å². The molecule has 19 heavy (non-hydrogen) atoms. The highest BCUT2D eigenvalue weighted by atomic mass is 79.9. The molecule has 1 aliphatic carbocycles. The molecule has 0 aliphatic heterocycles. The Bertz CT molecular complexity index is 451. The molecule has 2 rings (SSSR count). The Morgan fingerprint density at radius 3 is 2.26 bits per heavy atom. The van der Waals surface area contributed by atoms with Crippen molar-refractivity contribution in [3.05, 3.63) is 34.1 Å². The number of halogens is 2. The predicted molar refractivity (Wildman–Crippen MR) is 80.0 cm³/mol. The van der Waals surface area contributed by atoms with Crippen molar-refractivity contribution in [2.24, 2.45) is 22.6 Å². The molecule has 1 saturated carbocycles. The topological polar surface area (TPSA) is 38.0 Å². The Morgan fingerprint density at radius 1 is 1.26 bits per heavy atom. The van der Waals surface area contributed by atoms with Gasteiger partial charge in [0.05, 0.1) is 0 Å². The molecular weight excluding hydrogens is 307 g/mol. The van der Waals surface area contributed by atoms with Crippen molar-refractivity contribution in [3.8, 4) is 0 Å². The molecule has 1 atom stereocenters. The fourth-order valence-electron chi connectivity index (χ4n) is 3.51. The third-order valence-corrected chi connectivity index (χ3v) is 5.58. The summed E-state index contributed by atoms with van der Waals surface area (Å²) in [5.74, 6) is 6.00. The maximum absolute atomic E-state index is 13.4. The normalized spacial score (nSPS) is 22.3. The molecule has 1 fully saturated rings. The van der Waals surface area contributed by atoms with Gasteiger partial charge in [0.15, 0.2) is 0 Å². The number of nitrogens with two attached hydrogens (primary N) is 1. The molecule has 0 aromatic heterocycles. The van der Waals surface area contributed by atoms with E-state index in [0.717, 1.165) is 16.5 Å². The molecule has 0 amide bonds. The van der Waals surface area contributed by atoms with Gasteiger partial charge < -0.3 is 0 Å². The average Bonchev–Trinajstić information content (AvgIpc) is 2.65. The van der Waals surface area contributed by atoms with Gasteiger partial charge in [0, 0.05) is 10.5 Å². The van der Waals surface area contributed by atoms with Crippen LogP contribution in [0.1, 0.15) is 33.3 Å². The van der Waals surface area contributed by atoms with E-state index in [-0.39, 0.29) is 22.7 Å². The van der Waals surface area contributed by atoms with Crippen molar-refractivity contribution in [1.29, 1.82) is 0 Å². The number of hydrogen-bond acceptors (Lipinski definition) is 2. The van der Waals surface area contributed by atoms with Crippen molar-refractivity contribution < 1.29 is 4.39 Å². The summed E-state index contributed by atoms with van der Waals surface area (Å²) >= 11 is 3.33. The average molecular weight is 329 g/mol. The fourth-order valence-corrected chi connectivity index (χ4v) is 4.02. The minimum atomic E-state index is -0.213. The van der Waals surface area contributed by atoms with Crippen LogP contribution in [0.4, 0.5) is 4.39 Å². The highest BCUT2D eigenvalue weighted by Crippen LogP contribution is 2.69. The highest BCUT2D eigenvalue weighted by molar-refractivity contribution is 9.10. The van der Waals surface area contributed by atoms with E-state index >= 15 is 0 Å². The van der Waals surface area contributed by atoms with E-state index in [4.69, 9.17) is 5.84 Å². The molecule has 0 radical (unpaired) electrons. The van der Waals surface area contributed by atoms with Crippen LogP contribution in [0.5, 0.6) is 0 Å². The molecule has 1 unspecified atom stereocenters. The SMILES string of the molecule is CC1(C)C(C(Cc2cc(F)cc(Br)c2)NN)C1(C)C. The van der Waals surface area contributed by atoms with Crippen molar-refractivity contribution in [2.75, 3.05) is 0 Å². The molecule has 106 valence electrons. The van der Waals surface area contributed by atoms with Gasteiger partial charge in [0.1, 0.15) is 5.82 Å². The van der Waals surface area contributed by atoms with Crippen molar-refractivity contribution >= 4 is 15.9 Å². The van der Waals surface area contributed by atoms with E-state index < -0.39 is 0 Å². The Balaban J connectivity index is 2.17. The zero-order valence-electron chi connectivity index (χ0n) is 11.9. The van der Waals surface area contributed by atoms with Gasteiger partial charge in [0.25, 0.3) is 0 Å². The minimum Gasteiger partial charge on any atom is -0.271 e. The van der Waals surface area contributed by atoms with Crippen molar-refractivity contribution in [2.45, 2.75) is 40.2 Å². The highest BCUT2D eigenvalue weighted by Gasteiger charge is 2.66. The van der Waals surface area contributed by atoms with E-state index in [2.05, 4.69) is 49.1 Å². The quantitative estimate of drug-likeness (QED) is 0.654. The van der Waals surface area contributed by atoms with Crippen molar-refractivity contribution in [3.63, 3.8) is 0 Å². The maximum atomic E-state index is 13.4. The summed E-state index contributed by atoms with van der Waals surface area (Å²) in [5.41, 5.74) is 4.41. The molecule has 3 N–H and O–H groups in total. The van der Waals surface area contributed by atoms with Gasteiger partial charge in [-0.15, -0.1) is 0 Å². The van der Waals surface area contributed by atoms with E-state index in [1.165, 1.54) is 6.07 Å². The van der Waals surface area contributed by atoms with Crippen LogP contribution in [0, 0.1) is 22.6 Å². The second kappa shape index (κ2) is 4.83. The van der Waals surface area contributed by atoms with Gasteiger partial charge in [-0.05, 0) is 46.9 Å². The molecular formula is C15H22BrFN2. The van der Waals surface area contributed by atoms with Crippen LogP contribution in [0.3, 0.4) is 0 Å². The summed E-state index contributed by atoms with van der Waals surface area (Å²) in [7, 11) is 0. The van der Waals surface area contributed by atoms with Crippen LogP contribution >= 0.6 is 15.9 Å². The second-order valence-electron chi connectivity index (χ2n) is 6.68. The van der Waals surface area contributed by atoms with Crippen LogP contribution in [0.2, 0.25) is 0 Å². The molecule has 1 aromatic carbocycles. The lowest BCUT2D eigenvalue weighted by atomic mass is 9.97. The summed E-state index contributed by atoms with van der Waals surface area (Å²) in [6, 6.07) is 5.17. The minimum absolute atomic E-state index is 0.165. The van der Waals surface area contributed by atoms with E-state index in [1.54, 1.807) is 6.07 Å². The Kier molecular flexibility index (Phi) is 3.80. The summed E-state index contributed by atoms with van der Waals surface area (Å²) in [6.07, 6.45) is 0.740. The van der Waals surface area contributed by atoms with Crippen molar-refractivity contribution in [1.82, 2.24) is 5.43 Å². The van der Waals surface area contributed by atoms with E-state index in [9.17, 15) is 4.39 Å². The lowest BCUT2D eigenvalue weighted by Crippen LogP contribution is -2.40. The van der Waals surface area contributed by atoms with Gasteiger partial charge in [-0.25, -0.2) is 4.39 Å². The fraction of sp³-hybridized carbons (Fsp3) is 0.600. The molecule has 1 aliphatic rings. The first-order valence-electron chi connectivity index (χ1n) is 6.61. The number of nitrogens with one attached hydrogen (secondary N) is 1. The van der Waals surface area contributed by atoms with Gasteiger partial charge in [0.2, 0.25) is 0 Å². The lowest BCUT2D eigenvalue weighted by Gasteiger charge is -2.18. The Hall–Kier alpha value is -0.450. The number of hydrazine groups is 1. The summed E-state index contributed by atoms with van der Waals surface area (Å²) < 4.78 is 14.2. The predicted octanol–water partition coefficient (Wildman–Crippen LogP) is 3.64. The zero-order valence-corrected chi connectivity index (χ0v) is 13.5. The third kappa shape index (κ3) is 2.58. The first-order chi connectivity index (χ1) is 8.70. The summed E-state index contributed by atoms with van der Waals surface area (Å²) in [4.78, 5) is 0. The number of rotatable bonds is 4. The summed E-state index contributed by atoms with van der Waals surface area (Å²) in [5, 5.41) is 0. The molecule has 0 bridgehead atoms. The maximum Gasteiger partial charge on any atom is 0.124 e. The second-order valence-corrected chi connectivity index (χ2v) is 7.59. The molecule has 4 heteroatoms. The molecule has 2 nitrogen and oxygen atoms in total. The first-order valence-corrected chi connectivity index (χ1v) is 7.40. The number of benzene rings is 1. The van der Waals surface area contributed by atoms with Crippen LogP contribution < -0.4 is 11.3 Å². The van der Waals surface area contributed by atoms with Gasteiger partial charge >= 0.3 is 0 Å². The molecule has 0 saturated heterocycles. The van der Waals surface area contributed by atoms with Crippen LogP contribution in [0.25, 0.3) is 0 Å². The lowest BCUT2D eigenvalue weighted by molar-refractivity contribution is 0.401. The Labute approximate surface area is 123 Å².